The first-order valence-corrected chi connectivity index (χ1v) is 7.83. The van der Waals surface area contributed by atoms with Crippen LogP contribution in [0.2, 0.25) is 0 Å². The highest BCUT2D eigenvalue weighted by molar-refractivity contribution is 5.96. The molecule has 25 heavy (non-hydrogen) atoms. The van der Waals surface area contributed by atoms with Crippen molar-refractivity contribution in [3.63, 3.8) is 0 Å². The van der Waals surface area contributed by atoms with Crippen molar-refractivity contribution in [2.24, 2.45) is 0 Å². The molecule has 6 heteroatoms. The Kier molecular flexibility index (Phi) is 4.53. The third-order valence-corrected chi connectivity index (χ3v) is 3.98. The molecule has 1 N–H and O–H groups in total. The second-order valence-electron chi connectivity index (χ2n) is 5.71. The summed E-state index contributed by atoms with van der Waals surface area (Å²) >= 11 is 0. The van der Waals surface area contributed by atoms with Gasteiger partial charge in [-0.3, -0.25) is 4.79 Å². The molecule has 0 atom stereocenters. The number of carbonyl (C=O) groups excluding carboxylic acids is 1. The number of hydrogen-bond acceptors (Lipinski definition) is 2. The van der Waals surface area contributed by atoms with Crippen LogP contribution >= 0.6 is 0 Å². The molecule has 0 unspecified atom stereocenters. The zero-order chi connectivity index (χ0) is 18.0. The SMILES string of the molecule is CCc1ccc2occ(CC(=O)Nc3ccccc3C(F)(F)F)c2c1. The lowest BCUT2D eigenvalue weighted by Crippen LogP contribution is -2.18. The highest BCUT2D eigenvalue weighted by atomic mass is 19.4. The quantitative estimate of drug-likeness (QED) is 0.705. The van der Waals surface area contributed by atoms with E-state index in [1.165, 1.54) is 24.5 Å². The first-order chi connectivity index (χ1) is 11.9. The molecule has 130 valence electrons. The van der Waals surface area contributed by atoms with Gasteiger partial charge in [-0.25, -0.2) is 0 Å². The molecule has 0 saturated carbocycles. The van der Waals surface area contributed by atoms with Crippen molar-refractivity contribution in [1.82, 2.24) is 0 Å². The van der Waals surface area contributed by atoms with E-state index in [9.17, 15) is 18.0 Å². The van der Waals surface area contributed by atoms with Crippen LogP contribution in [0.4, 0.5) is 18.9 Å². The summed E-state index contributed by atoms with van der Waals surface area (Å²) in [6.07, 6.45) is -2.28. The number of nitrogens with one attached hydrogen (secondary N) is 1. The van der Waals surface area contributed by atoms with Gasteiger partial charge in [0.15, 0.2) is 0 Å². The van der Waals surface area contributed by atoms with Crippen LogP contribution in [-0.4, -0.2) is 5.91 Å². The lowest BCUT2D eigenvalue weighted by Gasteiger charge is -2.13. The van der Waals surface area contributed by atoms with E-state index in [-0.39, 0.29) is 12.1 Å². The largest absolute Gasteiger partial charge is 0.464 e. The van der Waals surface area contributed by atoms with Crippen molar-refractivity contribution in [2.45, 2.75) is 25.9 Å². The van der Waals surface area contributed by atoms with Crippen molar-refractivity contribution >= 4 is 22.6 Å². The van der Waals surface area contributed by atoms with Crippen LogP contribution in [0.15, 0.2) is 53.1 Å². The Morgan fingerprint density at radius 1 is 1.16 bits per heavy atom. The molecule has 0 aliphatic rings. The van der Waals surface area contributed by atoms with E-state index < -0.39 is 17.6 Å². The van der Waals surface area contributed by atoms with Gasteiger partial charge in [-0.15, -0.1) is 0 Å². The van der Waals surface area contributed by atoms with Gasteiger partial charge in [-0.2, -0.15) is 13.2 Å². The first-order valence-electron chi connectivity index (χ1n) is 7.83. The van der Waals surface area contributed by atoms with Crippen LogP contribution in [0.25, 0.3) is 11.0 Å². The van der Waals surface area contributed by atoms with E-state index in [0.29, 0.717) is 11.1 Å². The Morgan fingerprint density at radius 3 is 2.64 bits per heavy atom. The fourth-order valence-corrected chi connectivity index (χ4v) is 2.69. The number of rotatable bonds is 4. The van der Waals surface area contributed by atoms with Gasteiger partial charge < -0.3 is 9.73 Å². The second-order valence-corrected chi connectivity index (χ2v) is 5.71. The molecule has 0 fully saturated rings. The van der Waals surface area contributed by atoms with Crippen molar-refractivity contribution in [2.75, 3.05) is 5.32 Å². The minimum Gasteiger partial charge on any atom is -0.464 e. The Bertz CT molecular complexity index is 912. The number of halogens is 3. The minimum atomic E-state index is -4.53. The molecule has 3 nitrogen and oxygen atoms in total. The number of alkyl halides is 3. The smallest absolute Gasteiger partial charge is 0.418 e. The van der Waals surface area contributed by atoms with Crippen molar-refractivity contribution in [3.8, 4) is 0 Å². The normalized spacial score (nSPS) is 11.7. The highest BCUT2D eigenvalue weighted by Gasteiger charge is 2.33. The maximum Gasteiger partial charge on any atom is 0.418 e. The molecule has 0 spiro atoms. The fraction of sp³-hybridized carbons (Fsp3) is 0.211. The van der Waals surface area contributed by atoms with Gasteiger partial charge in [0.2, 0.25) is 5.91 Å². The molecule has 0 aliphatic carbocycles. The Morgan fingerprint density at radius 2 is 1.92 bits per heavy atom. The Balaban J connectivity index is 1.82. The Hall–Kier alpha value is -2.76. The molecule has 2 aromatic carbocycles. The van der Waals surface area contributed by atoms with Gasteiger partial charge >= 0.3 is 6.18 Å². The predicted molar refractivity (Wildman–Crippen MR) is 89.4 cm³/mol. The van der Waals surface area contributed by atoms with E-state index >= 15 is 0 Å². The number of hydrogen-bond donors (Lipinski definition) is 1. The van der Waals surface area contributed by atoms with E-state index in [4.69, 9.17) is 4.42 Å². The zero-order valence-electron chi connectivity index (χ0n) is 13.5. The minimum absolute atomic E-state index is 0.0631. The molecule has 1 heterocycles. The van der Waals surface area contributed by atoms with Gasteiger partial charge in [0, 0.05) is 10.9 Å². The number of para-hydroxylation sites is 1. The van der Waals surface area contributed by atoms with E-state index in [1.807, 2.05) is 25.1 Å². The molecule has 0 radical (unpaired) electrons. The van der Waals surface area contributed by atoms with E-state index in [0.717, 1.165) is 23.4 Å². The lowest BCUT2D eigenvalue weighted by atomic mass is 10.1. The average molecular weight is 347 g/mol. The third kappa shape index (κ3) is 3.68. The van der Waals surface area contributed by atoms with Crippen molar-refractivity contribution in [3.05, 3.63) is 65.4 Å². The van der Waals surface area contributed by atoms with E-state index in [2.05, 4.69) is 5.32 Å². The summed E-state index contributed by atoms with van der Waals surface area (Å²) in [5.41, 5.74) is 1.27. The number of carbonyl (C=O) groups is 1. The van der Waals surface area contributed by atoms with Crippen LogP contribution < -0.4 is 5.32 Å². The third-order valence-electron chi connectivity index (χ3n) is 3.98. The number of fused-ring (bicyclic) bond motifs is 1. The first kappa shape index (κ1) is 17.1. The average Bonchev–Trinajstić information content (AvgIpc) is 2.96. The number of aryl methyl sites for hydroxylation is 1. The summed E-state index contributed by atoms with van der Waals surface area (Å²) in [5, 5.41) is 3.15. The number of amides is 1. The van der Waals surface area contributed by atoms with Crippen molar-refractivity contribution in [1.29, 1.82) is 0 Å². The number of benzene rings is 2. The molecular weight excluding hydrogens is 331 g/mol. The molecule has 3 rings (SSSR count). The summed E-state index contributed by atoms with van der Waals surface area (Å²) in [7, 11) is 0. The van der Waals surface area contributed by atoms with Crippen LogP contribution in [0.1, 0.15) is 23.6 Å². The van der Waals surface area contributed by atoms with Crippen LogP contribution in [0, 0.1) is 0 Å². The molecule has 0 aliphatic heterocycles. The Labute approximate surface area is 142 Å². The summed E-state index contributed by atoms with van der Waals surface area (Å²) < 4.78 is 44.4. The second kappa shape index (κ2) is 6.63. The maximum atomic E-state index is 13.0. The standard InChI is InChI=1S/C19H16F3NO2/c1-2-12-7-8-17-14(9-12)13(11-25-17)10-18(24)23-16-6-4-3-5-15(16)19(20,21)22/h3-9,11H,2,10H2,1H3,(H,23,24). The van der Waals surface area contributed by atoms with Gasteiger partial charge in [0.1, 0.15) is 5.58 Å². The summed E-state index contributed by atoms with van der Waals surface area (Å²) in [4.78, 5) is 12.2. The molecule has 3 aromatic rings. The van der Waals surface area contributed by atoms with Gasteiger partial charge in [-0.05, 0) is 36.2 Å². The maximum absolute atomic E-state index is 13.0. The zero-order valence-corrected chi connectivity index (χ0v) is 13.5. The van der Waals surface area contributed by atoms with Gasteiger partial charge in [0.05, 0.1) is 23.9 Å². The van der Waals surface area contributed by atoms with Crippen LogP contribution in [0.3, 0.4) is 0 Å². The number of furan rings is 1. The monoisotopic (exact) mass is 347 g/mol. The predicted octanol–water partition coefficient (Wildman–Crippen LogP) is 5.20. The van der Waals surface area contributed by atoms with E-state index in [1.54, 1.807) is 0 Å². The van der Waals surface area contributed by atoms with Crippen molar-refractivity contribution < 1.29 is 22.4 Å². The van der Waals surface area contributed by atoms with Gasteiger partial charge in [0.25, 0.3) is 0 Å². The highest BCUT2D eigenvalue weighted by Crippen LogP contribution is 2.34. The molecule has 0 saturated heterocycles. The van der Waals surface area contributed by atoms with Gasteiger partial charge in [-0.1, -0.05) is 25.1 Å². The molecule has 0 bridgehead atoms. The fourth-order valence-electron chi connectivity index (χ4n) is 2.69. The lowest BCUT2D eigenvalue weighted by molar-refractivity contribution is -0.137. The number of anilines is 1. The summed E-state index contributed by atoms with van der Waals surface area (Å²) in [5.74, 6) is -0.527. The summed E-state index contributed by atoms with van der Waals surface area (Å²) in [6.45, 7) is 2.02. The topological polar surface area (TPSA) is 42.2 Å². The molecule has 1 aromatic heterocycles. The summed E-state index contributed by atoms with van der Waals surface area (Å²) in [6, 6.07) is 10.6. The van der Waals surface area contributed by atoms with Crippen LogP contribution in [0.5, 0.6) is 0 Å². The molecule has 1 amide bonds. The molecular formula is C19H16F3NO2. The van der Waals surface area contributed by atoms with Crippen LogP contribution in [-0.2, 0) is 23.8 Å².